The summed E-state index contributed by atoms with van der Waals surface area (Å²) in [5.74, 6) is -0.839. The Bertz CT molecular complexity index is 494. The first-order valence-electron chi connectivity index (χ1n) is 7.32. The average Bonchev–Trinajstić information content (AvgIpc) is 2.56. The van der Waals surface area contributed by atoms with Gasteiger partial charge in [-0.1, -0.05) is 24.3 Å². The maximum Gasteiger partial charge on any atom is 0.338 e. The molecule has 0 aliphatic heterocycles. The van der Waals surface area contributed by atoms with E-state index in [0.29, 0.717) is 32.0 Å². The zero-order chi connectivity index (χ0) is 16.9. The van der Waals surface area contributed by atoms with Crippen LogP contribution in [0.5, 0.6) is 0 Å². The molecule has 0 bridgehead atoms. The van der Waals surface area contributed by atoms with Gasteiger partial charge in [0.1, 0.15) is 13.2 Å². The number of esters is 2. The lowest BCUT2D eigenvalue weighted by Crippen LogP contribution is -2.14. The largest absolute Gasteiger partial charge is 0.460 e. The zero-order valence-corrected chi connectivity index (χ0v) is 13.3. The molecule has 0 N–H and O–H groups in total. The Morgan fingerprint density at radius 1 is 0.913 bits per heavy atom. The summed E-state index contributed by atoms with van der Waals surface area (Å²) in [5, 5.41) is 0. The van der Waals surface area contributed by atoms with E-state index >= 15 is 0 Å². The minimum atomic E-state index is -0.472. The molecule has 0 unspecified atom stereocenters. The number of benzene rings is 1. The summed E-state index contributed by atoms with van der Waals surface area (Å²) in [6.45, 7) is 6.94. The van der Waals surface area contributed by atoms with Crippen LogP contribution in [0, 0.1) is 6.92 Å². The van der Waals surface area contributed by atoms with Crippen LogP contribution < -0.4 is 0 Å². The Kier molecular flexibility index (Phi) is 9.35. The second kappa shape index (κ2) is 11.4. The monoisotopic (exact) mass is 322 g/mol. The Labute approximate surface area is 136 Å². The number of carbonyl (C=O) groups excluding carboxylic acids is 2. The van der Waals surface area contributed by atoms with Gasteiger partial charge in [0, 0.05) is 6.08 Å². The summed E-state index contributed by atoms with van der Waals surface area (Å²) in [4.78, 5) is 22.4. The Balaban J connectivity index is 1.95. The van der Waals surface area contributed by atoms with Gasteiger partial charge >= 0.3 is 11.9 Å². The predicted octanol–water partition coefficient (Wildman–Crippen LogP) is 1.91. The molecule has 0 radical (unpaired) electrons. The van der Waals surface area contributed by atoms with Gasteiger partial charge in [0.15, 0.2) is 0 Å². The van der Waals surface area contributed by atoms with Crippen LogP contribution in [0.25, 0.3) is 0 Å². The van der Waals surface area contributed by atoms with Crippen molar-refractivity contribution < 1.29 is 28.5 Å². The summed E-state index contributed by atoms with van der Waals surface area (Å²) in [6, 6.07) is 7.17. The average molecular weight is 322 g/mol. The van der Waals surface area contributed by atoms with Crippen molar-refractivity contribution in [2.24, 2.45) is 0 Å². The second-order valence-corrected chi connectivity index (χ2v) is 4.60. The fraction of sp³-hybridized carbons (Fsp3) is 0.412. The lowest BCUT2D eigenvalue weighted by Gasteiger charge is -2.07. The highest BCUT2D eigenvalue weighted by Gasteiger charge is 2.05. The summed E-state index contributed by atoms with van der Waals surface area (Å²) in [7, 11) is 0. The molecular weight excluding hydrogens is 300 g/mol. The molecule has 0 atom stereocenters. The fourth-order valence-corrected chi connectivity index (χ4v) is 1.55. The maximum atomic E-state index is 11.7. The first kappa shape index (κ1) is 18.9. The van der Waals surface area contributed by atoms with Crippen molar-refractivity contribution in [1.82, 2.24) is 0 Å². The van der Waals surface area contributed by atoms with Gasteiger partial charge in [-0.25, -0.2) is 9.59 Å². The van der Waals surface area contributed by atoms with Crippen molar-refractivity contribution in [3.63, 3.8) is 0 Å². The van der Waals surface area contributed by atoms with E-state index in [1.807, 2.05) is 19.1 Å². The minimum Gasteiger partial charge on any atom is -0.460 e. The molecule has 0 heterocycles. The normalized spacial score (nSPS) is 10.1. The quantitative estimate of drug-likeness (QED) is 0.352. The lowest BCUT2D eigenvalue weighted by molar-refractivity contribution is -0.139. The van der Waals surface area contributed by atoms with Gasteiger partial charge in [-0.2, -0.15) is 0 Å². The molecule has 0 aromatic heterocycles. The Morgan fingerprint density at radius 3 is 2.00 bits per heavy atom. The van der Waals surface area contributed by atoms with Crippen LogP contribution in [-0.2, 0) is 23.7 Å². The SMILES string of the molecule is C=CC(=O)OCCOCCOCCOC(=O)c1ccc(C)cc1. The van der Waals surface area contributed by atoms with Crippen LogP contribution in [0.1, 0.15) is 15.9 Å². The zero-order valence-electron chi connectivity index (χ0n) is 13.3. The molecule has 0 aliphatic rings. The highest BCUT2D eigenvalue weighted by atomic mass is 16.6. The van der Waals surface area contributed by atoms with Crippen LogP contribution in [0.3, 0.4) is 0 Å². The van der Waals surface area contributed by atoms with Gasteiger partial charge in [0.2, 0.25) is 0 Å². The number of rotatable bonds is 11. The smallest absolute Gasteiger partial charge is 0.338 e. The molecule has 1 aromatic carbocycles. The molecule has 0 saturated carbocycles. The van der Waals surface area contributed by atoms with Crippen LogP contribution in [0.4, 0.5) is 0 Å². The van der Waals surface area contributed by atoms with Crippen LogP contribution in [0.2, 0.25) is 0 Å². The first-order chi connectivity index (χ1) is 11.1. The van der Waals surface area contributed by atoms with Gasteiger partial charge in [-0.15, -0.1) is 0 Å². The van der Waals surface area contributed by atoms with Gasteiger partial charge in [0.25, 0.3) is 0 Å². The van der Waals surface area contributed by atoms with E-state index in [1.165, 1.54) is 0 Å². The van der Waals surface area contributed by atoms with Crippen LogP contribution >= 0.6 is 0 Å². The van der Waals surface area contributed by atoms with Crippen molar-refractivity contribution in [2.45, 2.75) is 6.92 Å². The fourth-order valence-electron chi connectivity index (χ4n) is 1.55. The van der Waals surface area contributed by atoms with Crippen molar-refractivity contribution in [1.29, 1.82) is 0 Å². The number of hydrogen-bond donors (Lipinski definition) is 0. The summed E-state index contributed by atoms with van der Waals surface area (Å²) in [5.41, 5.74) is 1.61. The molecular formula is C17H22O6. The van der Waals surface area contributed by atoms with Gasteiger partial charge in [-0.3, -0.25) is 0 Å². The summed E-state index contributed by atoms with van der Waals surface area (Å²) >= 11 is 0. The van der Waals surface area contributed by atoms with E-state index in [-0.39, 0.29) is 19.2 Å². The van der Waals surface area contributed by atoms with Gasteiger partial charge in [0.05, 0.1) is 32.0 Å². The van der Waals surface area contributed by atoms with Crippen molar-refractivity contribution >= 4 is 11.9 Å². The molecule has 6 nitrogen and oxygen atoms in total. The highest BCUT2D eigenvalue weighted by Crippen LogP contribution is 2.04. The molecule has 0 saturated heterocycles. The van der Waals surface area contributed by atoms with Crippen LogP contribution in [-0.4, -0.2) is 51.6 Å². The molecule has 1 aromatic rings. The topological polar surface area (TPSA) is 71.1 Å². The Morgan fingerprint density at radius 2 is 1.43 bits per heavy atom. The molecule has 0 aliphatic carbocycles. The van der Waals surface area contributed by atoms with E-state index in [1.54, 1.807) is 12.1 Å². The predicted molar refractivity (Wildman–Crippen MR) is 84.3 cm³/mol. The van der Waals surface area contributed by atoms with E-state index in [2.05, 4.69) is 6.58 Å². The van der Waals surface area contributed by atoms with E-state index in [0.717, 1.165) is 11.6 Å². The third-order valence-corrected chi connectivity index (χ3v) is 2.76. The first-order valence-corrected chi connectivity index (χ1v) is 7.32. The summed E-state index contributed by atoms with van der Waals surface area (Å²) in [6.07, 6.45) is 1.10. The van der Waals surface area contributed by atoms with Gasteiger partial charge < -0.3 is 18.9 Å². The van der Waals surface area contributed by atoms with E-state index < -0.39 is 5.97 Å². The molecule has 126 valence electrons. The Hall–Kier alpha value is -2.18. The third kappa shape index (κ3) is 8.75. The molecule has 0 amide bonds. The third-order valence-electron chi connectivity index (χ3n) is 2.76. The number of hydrogen-bond acceptors (Lipinski definition) is 6. The summed E-state index contributed by atoms with van der Waals surface area (Å²) < 4.78 is 20.3. The molecule has 6 heteroatoms. The molecule has 23 heavy (non-hydrogen) atoms. The van der Waals surface area contributed by atoms with Crippen molar-refractivity contribution in [3.8, 4) is 0 Å². The molecule has 1 rings (SSSR count). The number of carbonyl (C=O) groups is 2. The number of ether oxygens (including phenoxy) is 4. The lowest BCUT2D eigenvalue weighted by atomic mass is 10.1. The van der Waals surface area contributed by atoms with Crippen LogP contribution in [0.15, 0.2) is 36.9 Å². The van der Waals surface area contributed by atoms with E-state index in [4.69, 9.17) is 18.9 Å². The molecule has 0 spiro atoms. The molecule has 0 fully saturated rings. The second-order valence-electron chi connectivity index (χ2n) is 4.60. The van der Waals surface area contributed by atoms with Crippen molar-refractivity contribution in [2.75, 3.05) is 39.6 Å². The van der Waals surface area contributed by atoms with E-state index in [9.17, 15) is 9.59 Å². The number of aryl methyl sites for hydroxylation is 1. The van der Waals surface area contributed by atoms with Gasteiger partial charge in [-0.05, 0) is 19.1 Å². The standard InChI is InChI=1S/C17H22O6/c1-3-16(18)22-12-10-20-8-9-21-11-13-23-17(19)15-6-4-14(2)5-7-15/h3-7H,1,8-13H2,2H3. The minimum absolute atomic E-state index is 0.180. The van der Waals surface area contributed by atoms with Crippen molar-refractivity contribution in [3.05, 3.63) is 48.0 Å². The highest BCUT2D eigenvalue weighted by molar-refractivity contribution is 5.89. The maximum absolute atomic E-state index is 11.7.